The van der Waals surface area contributed by atoms with E-state index < -0.39 is 0 Å². The van der Waals surface area contributed by atoms with Gasteiger partial charge in [-0.2, -0.15) is 0 Å². The first kappa shape index (κ1) is 21.4. The molecule has 1 aliphatic heterocycles. The molecule has 0 atom stereocenters. The molecule has 0 unspecified atom stereocenters. The van der Waals surface area contributed by atoms with Crippen LogP contribution in [0.4, 0.5) is 10.8 Å². The lowest BCUT2D eigenvalue weighted by molar-refractivity contribution is -0.114. The molecule has 0 spiro atoms. The Morgan fingerprint density at radius 3 is 2.56 bits per heavy atom. The second-order valence-corrected chi connectivity index (χ2v) is 7.03. The van der Waals surface area contributed by atoms with Gasteiger partial charge in [0.15, 0.2) is 11.1 Å². The van der Waals surface area contributed by atoms with Gasteiger partial charge < -0.3 is 20.9 Å². The van der Waals surface area contributed by atoms with Gasteiger partial charge >= 0.3 is 0 Å². The van der Waals surface area contributed by atoms with Crippen LogP contribution in [0.2, 0.25) is 0 Å². The Morgan fingerprint density at radius 1 is 1.26 bits per heavy atom. The number of benzene rings is 1. The molecule has 1 aliphatic rings. The molecule has 3 rings (SSSR count). The van der Waals surface area contributed by atoms with Gasteiger partial charge in [-0.25, -0.2) is 4.98 Å². The van der Waals surface area contributed by atoms with Gasteiger partial charge in [0.05, 0.1) is 0 Å². The van der Waals surface area contributed by atoms with E-state index >= 15 is 0 Å². The van der Waals surface area contributed by atoms with Crippen molar-refractivity contribution in [3.8, 4) is 0 Å². The SMILES string of the molecule is CC(=O)Nc1ccc(CCN=C(N)N2CCN(c3nccs3)CC2)cc1.I. The number of guanidine groups is 1. The minimum atomic E-state index is -0.0647. The second-order valence-electron chi connectivity index (χ2n) is 6.16. The number of piperazine rings is 1. The summed E-state index contributed by atoms with van der Waals surface area (Å²) in [5.74, 6) is 0.545. The lowest BCUT2D eigenvalue weighted by Crippen LogP contribution is -2.51. The molecule has 1 fully saturated rings. The van der Waals surface area contributed by atoms with Gasteiger partial charge in [0, 0.05) is 56.9 Å². The molecule has 1 saturated heterocycles. The first-order valence-corrected chi connectivity index (χ1v) is 9.55. The zero-order valence-corrected chi connectivity index (χ0v) is 18.4. The zero-order valence-electron chi connectivity index (χ0n) is 15.3. The third kappa shape index (κ3) is 6.35. The zero-order chi connectivity index (χ0) is 18.4. The number of anilines is 2. The molecule has 0 aliphatic carbocycles. The van der Waals surface area contributed by atoms with Crippen LogP contribution in [0.25, 0.3) is 0 Å². The molecule has 9 heteroatoms. The number of carbonyl (C=O) groups excluding carboxylic acids is 1. The van der Waals surface area contributed by atoms with E-state index in [0.717, 1.165) is 43.4 Å². The highest BCUT2D eigenvalue weighted by molar-refractivity contribution is 14.0. The molecule has 1 amide bonds. The van der Waals surface area contributed by atoms with Crippen molar-refractivity contribution in [2.75, 3.05) is 42.9 Å². The quantitative estimate of drug-likeness (QED) is 0.374. The summed E-state index contributed by atoms with van der Waals surface area (Å²) in [6, 6.07) is 7.82. The van der Waals surface area contributed by atoms with Crippen molar-refractivity contribution in [1.29, 1.82) is 0 Å². The molecule has 0 radical (unpaired) electrons. The molecule has 3 N–H and O–H groups in total. The van der Waals surface area contributed by atoms with Crippen LogP contribution in [0.5, 0.6) is 0 Å². The van der Waals surface area contributed by atoms with Crippen LogP contribution < -0.4 is 16.0 Å². The number of thiazole rings is 1. The van der Waals surface area contributed by atoms with Crippen LogP contribution >= 0.6 is 35.3 Å². The van der Waals surface area contributed by atoms with Gasteiger partial charge in [0.2, 0.25) is 5.91 Å². The number of aliphatic imine (C=N–C) groups is 1. The number of hydrogen-bond acceptors (Lipinski definition) is 5. The molecule has 1 aromatic heterocycles. The number of halogens is 1. The summed E-state index contributed by atoms with van der Waals surface area (Å²) < 4.78 is 0. The van der Waals surface area contributed by atoms with Crippen molar-refractivity contribution >= 4 is 58.0 Å². The van der Waals surface area contributed by atoms with Crippen molar-refractivity contribution < 1.29 is 4.79 Å². The highest BCUT2D eigenvalue weighted by Crippen LogP contribution is 2.18. The smallest absolute Gasteiger partial charge is 0.221 e. The minimum absolute atomic E-state index is 0. The van der Waals surface area contributed by atoms with E-state index in [9.17, 15) is 4.79 Å². The van der Waals surface area contributed by atoms with E-state index in [0.29, 0.717) is 12.5 Å². The monoisotopic (exact) mass is 500 g/mol. The summed E-state index contributed by atoms with van der Waals surface area (Å²) in [7, 11) is 0. The van der Waals surface area contributed by atoms with E-state index in [-0.39, 0.29) is 29.9 Å². The van der Waals surface area contributed by atoms with Gasteiger partial charge in [-0.3, -0.25) is 9.79 Å². The normalized spacial score (nSPS) is 14.6. The van der Waals surface area contributed by atoms with Gasteiger partial charge in [-0.1, -0.05) is 12.1 Å². The minimum Gasteiger partial charge on any atom is -0.370 e. The standard InChI is InChI=1S/C18H24N6OS.HI/c1-14(25)22-16-4-2-15(3-5-16)6-7-20-17(19)23-9-11-24(12-10-23)18-21-8-13-26-18;/h2-5,8,13H,6-7,9-12H2,1H3,(H2,19,20)(H,22,25);1H. The van der Waals surface area contributed by atoms with Crippen LogP contribution in [-0.2, 0) is 11.2 Å². The molecular formula is C18H25IN6OS. The summed E-state index contributed by atoms with van der Waals surface area (Å²) in [6.07, 6.45) is 2.66. The third-order valence-electron chi connectivity index (χ3n) is 4.24. The Kier molecular flexibility index (Phi) is 8.29. The first-order valence-electron chi connectivity index (χ1n) is 8.67. The predicted molar refractivity (Wildman–Crippen MR) is 122 cm³/mol. The maximum atomic E-state index is 11.0. The average Bonchev–Trinajstić information content (AvgIpc) is 3.17. The van der Waals surface area contributed by atoms with Crippen molar-refractivity contribution in [1.82, 2.24) is 9.88 Å². The number of nitrogens with zero attached hydrogens (tertiary/aromatic N) is 4. The summed E-state index contributed by atoms with van der Waals surface area (Å²) in [5.41, 5.74) is 8.13. The molecule has 2 heterocycles. The molecular weight excluding hydrogens is 475 g/mol. The van der Waals surface area contributed by atoms with Crippen LogP contribution in [0, 0.1) is 0 Å². The Bertz CT molecular complexity index is 742. The number of nitrogens with one attached hydrogen (secondary N) is 1. The number of aromatic nitrogens is 1. The van der Waals surface area contributed by atoms with Crippen LogP contribution in [0.1, 0.15) is 12.5 Å². The van der Waals surface area contributed by atoms with Crippen molar-refractivity contribution in [2.24, 2.45) is 10.7 Å². The van der Waals surface area contributed by atoms with Gasteiger partial charge in [0.1, 0.15) is 0 Å². The van der Waals surface area contributed by atoms with Gasteiger partial charge in [-0.15, -0.1) is 35.3 Å². The van der Waals surface area contributed by atoms with Crippen molar-refractivity contribution in [2.45, 2.75) is 13.3 Å². The van der Waals surface area contributed by atoms with E-state index in [2.05, 4.69) is 25.1 Å². The Balaban J connectivity index is 0.00000261. The Hall–Kier alpha value is -1.88. The lowest BCUT2D eigenvalue weighted by atomic mass is 10.1. The highest BCUT2D eigenvalue weighted by Gasteiger charge is 2.19. The predicted octanol–water partition coefficient (Wildman–Crippen LogP) is 2.40. The van der Waals surface area contributed by atoms with E-state index in [1.165, 1.54) is 12.5 Å². The maximum absolute atomic E-state index is 11.0. The van der Waals surface area contributed by atoms with Crippen LogP contribution in [0.15, 0.2) is 40.8 Å². The summed E-state index contributed by atoms with van der Waals surface area (Å²) >= 11 is 1.67. The molecule has 7 nitrogen and oxygen atoms in total. The molecule has 0 saturated carbocycles. The summed E-state index contributed by atoms with van der Waals surface area (Å²) in [4.78, 5) is 24.3. The number of amides is 1. The number of carbonyl (C=O) groups is 1. The fraction of sp³-hybridized carbons (Fsp3) is 0.389. The lowest BCUT2D eigenvalue weighted by Gasteiger charge is -2.35. The average molecular weight is 500 g/mol. The Labute approximate surface area is 180 Å². The number of nitrogens with two attached hydrogens (primary N) is 1. The fourth-order valence-corrected chi connectivity index (χ4v) is 3.55. The van der Waals surface area contributed by atoms with Crippen molar-refractivity contribution in [3.63, 3.8) is 0 Å². The van der Waals surface area contributed by atoms with Crippen LogP contribution in [-0.4, -0.2) is 54.5 Å². The third-order valence-corrected chi connectivity index (χ3v) is 5.07. The van der Waals surface area contributed by atoms with Crippen molar-refractivity contribution in [3.05, 3.63) is 41.4 Å². The molecule has 1 aromatic carbocycles. The topological polar surface area (TPSA) is 86.8 Å². The van der Waals surface area contributed by atoms with E-state index in [1.54, 1.807) is 11.3 Å². The molecule has 0 bridgehead atoms. The maximum Gasteiger partial charge on any atom is 0.221 e. The Morgan fingerprint density at radius 2 is 1.96 bits per heavy atom. The summed E-state index contributed by atoms with van der Waals surface area (Å²) in [6.45, 7) is 5.70. The summed E-state index contributed by atoms with van der Waals surface area (Å²) in [5, 5.41) is 5.83. The highest BCUT2D eigenvalue weighted by atomic mass is 127. The van der Waals surface area contributed by atoms with E-state index in [4.69, 9.17) is 5.73 Å². The second kappa shape index (κ2) is 10.5. The number of rotatable bonds is 5. The van der Waals surface area contributed by atoms with Gasteiger partial charge in [-0.05, 0) is 24.1 Å². The number of hydrogen-bond donors (Lipinski definition) is 2. The molecule has 2 aromatic rings. The fourth-order valence-electron chi connectivity index (χ4n) is 2.86. The molecule has 27 heavy (non-hydrogen) atoms. The van der Waals surface area contributed by atoms with Gasteiger partial charge in [0.25, 0.3) is 0 Å². The molecule has 146 valence electrons. The first-order chi connectivity index (χ1) is 12.6. The largest absolute Gasteiger partial charge is 0.370 e. The van der Waals surface area contributed by atoms with E-state index in [1.807, 2.05) is 35.8 Å². The van der Waals surface area contributed by atoms with Crippen LogP contribution in [0.3, 0.4) is 0 Å².